The third-order valence-corrected chi connectivity index (χ3v) is 4.99. The van der Waals surface area contributed by atoms with Crippen LogP contribution in [0.4, 0.5) is 0 Å². The zero-order valence-corrected chi connectivity index (χ0v) is 16.9. The van der Waals surface area contributed by atoms with Gasteiger partial charge in [0, 0.05) is 28.9 Å². The van der Waals surface area contributed by atoms with Crippen molar-refractivity contribution in [3.05, 3.63) is 107 Å². The smallest absolute Gasteiger partial charge is 0.255 e. The van der Waals surface area contributed by atoms with E-state index in [1.165, 1.54) is 0 Å². The zero-order chi connectivity index (χ0) is 20.9. The van der Waals surface area contributed by atoms with E-state index in [1.54, 1.807) is 41.2 Å². The highest BCUT2D eigenvalue weighted by atomic mass is 35.5. The van der Waals surface area contributed by atoms with Gasteiger partial charge >= 0.3 is 0 Å². The van der Waals surface area contributed by atoms with Gasteiger partial charge in [0.05, 0.1) is 12.1 Å². The van der Waals surface area contributed by atoms with E-state index in [1.807, 2.05) is 48.5 Å². The highest BCUT2D eigenvalue weighted by Crippen LogP contribution is 2.25. The van der Waals surface area contributed by atoms with E-state index in [4.69, 9.17) is 11.6 Å². The molecule has 0 spiro atoms. The molecule has 2 N–H and O–H groups in total. The number of rotatable bonds is 6. The fraction of sp³-hybridized carbons (Fsp3) is 0.0833. The Morgan fingerprint density at radius 2 is 1.67 bits per heavy atom. The molecule has 4 rings (SSSR count). The number of aromatic nitrogens is 2. The minimum absolute atomic E-state index is 0.149. The lowest BCUT2D eigenvalue weighted by molar-refractivity contribution is 0.0951. The molecule has 0 saturated heterocycles. The molecular formula is C24H20ClN3O2. The first-order chi connectivity index (χ1) is 14.6. The highest BCUT2D eigenvalue weighted by Gasteiger charge is 2.18. The van der Waals surface area contributed by atoms with E-state index >= 15 is 0 Å². The minimum Gasteiger partial charge on any atom is -0.508 e. The van der Waals surface area contributed by atoms with Crippen LogP contribution in [-0.4, -0.2) is 20.8 Å². The summed E-state index contributed by atoms with van der Waals surface area (Å²) >= 11 is 6.02. The first kappa shape index (κ1) is 19.7. The number of carbonyl (C=O) groups excluding carboxylic acids is 1. The second-order valence-corrected chi connectivity index (χ2v) is 7.33. The van der Waals surface area contributed by atoms with Gasteiger partial charge < -0.3 is 10.4 Å². The second kappa shape index (κ2) is 8.84. The molecule has 0 radical (unpaired) electrons. The lowest BCUT2D eigenvalue weighted by Gasteiger charge is -2.07. The quantitative estimate of drug-likeness (QED) is 0.469. The maximum Gasteiger partial charge on any atom is 0.255 e. The van der Waals surface area contributed by atoms with Gasteiger partial charge in [0.25, 0.3) is 5.91 Å². The van der Waals surface area contributed by atoms with Crippen LogP contribution in [0.1, 0.15) is 21.5 Å². The maximum absolute atomic E-state index is 13.0. The van der Waals surface area contributed by atoms with E-state index in [2.05, 4.69) is 10.4 Å². The van der Waals surface area contributed by atoms with E-state index in [0.717, 1.165) is 11.1 Å². The normalized spacial score (nSPS) is 10.7. The summed E-state index contributed by atoms with van der Waals surface area (Å²) in [7, 11) is 0. The fourth-order valence-electron chi connectivity index (χ4n) is 3.19. The second-order valence-electron chi connectivity index (χ2n) is 6.89. The van der Waals surface area contributed by atoms with Crippen LogP contribution in [0.3, 0.4) is 0 Å². The molecule has 0 saturated carbocycles. The number of phenolic OH excluding ortho intramolecular Hbond substituents is 1. The van der Waals surface area contributed by atoms with Crippen LogP contribution < -0.4 is 5.32 Å². The highest BCUT2D eigenvalue weighted by molar-refractivity contribution is 6.30. The third kappa shape index (κ3) is 4.53. The Bertz CT molecular complexity index is 1150. The van der Waals surface area contributed by atoms with Gasteiger partial charge in [-0.3, -0.25) is 9.48 Å². The molecule has 0 aliphatic carbocycles. The topological polar surface area (TPSA) is 67.2 Å². The summed E-state index contributed by atoms with van der Waals surface area (Å²) in [6.45, 7) is 0.767. The molecule has 0 aliphatic rings. The van der Waals surface area contributed by atoms with E-state index in [0.29, 0.717) is 28.4 Å². The van der Waals surface area contributed by atoms with E-state index < -0.39 is 0 Å². The summed E-state index contributed by atoms with van der Waals surface area (Å²) in [6.07, 6.45) is 1.75. The van der Waals surface area contributed by atoms with Crippen LogP contribution >= 0.6 is 11.6 Å². The average molecular weight is 418 g/mol. The number of nitrogens with one attached hydrogen (secondary N) is 1. The van der Waals surface area contributed by atoms with Crippen LogP contribution in [-0.2, 0) is 13.1 Å². The van der Waals surface area contributed by atoms with Crippen LogP contribution in [0.2, 0.25) is 5.02 Å². The van der Waals surface area contributed by atoms with Gasteiger partial charge in [-0.15, -0.1) is 0 Å². The largest absolute Gasteiger partial charge is 0.508 e. The number of phenols is 1. The van der Waals surface area contributed by atoms with Crippen LogP contribution in [0.25, 0.3) is 11.3 Å². The lowest BCUT2D eigenvalue weighted by atomic mass is 10.1. The number of nitrogens with zero attached hydrogens (tertiary/aromatic N) is 2. The van der Waals surface area contributed by atoms with Gasteiger partial charge in [-0.2, -0.15) is 5.10 Å². The molecule has 0 bridgehead atoms. The van der Waals surface area contributed by atoms with Gasteiger partial charge in [-0.25, -0.2) is 0 Å². The zero-order valence-electron chi connectivity index (χ0n) is 16.1. The maximum atomic E-state index is 13.0. The van der Waals surface area contributed by atoms with E-state index in [9.17, 15) is 9.90 Å². The molecule has 6 heteroatoms. The molecule has 0 atom stereocenters. The minimum atomic E-state index is -0.262. The number of aromatic hydroxyl groups is 1. The predicted molar refractivity (Wildman–Crippen MR) is 117 cm³/mol. The Hall–Kier alpha value is -3.57. The molecule has 0 aliphatic heterocycles. The number of benzene rings is 3. The fourth-order valence-corrected chi connectivity index (χ4v) is 3.32. The third-order valence-electron chi connectivity index (χ3n) is 4.74. The van der Waals surface area contributed by atoms with Crippen LogP contribution in [0.15, 0.2) is 85.1 Å². The summed E-state index contributed by atoms with van der Waals surface area (Å²) in [4.78, 5) is 13.0. The Morgan fingerprint density at radius 3 is 2.40 bits per heavy atom. The van der Waals surface area contributed by atoms with Gasteiger partial charge in [-0.05, 0) is 23.8 Å². The molecular weight excluding hydrogens is 398 g/mol. The van der Waals surface area contributed by atoms with Gasteiger partial charge in [0.15, 0.2) is 0 Å². The van der Waals surface area contributed by atoms with Crippen molar-refractivity contribution < 1.29 is 9.90 Å². The molecule has 3 aromatic carbocycles. The Labute approximate surface area is 179 Å². The predicted octanol–water partition coefficient (Wildman–Crippen LogP) is 4.89. The van der Waals surface area contributed by atoms with Crippen LogP contribution in [0.5, 0.6) is 5.75 Å². The molecule has 150 valence electrons. The van der Waals surface area contributed by atoms with Gasteiger partial charge in [-0.1, -0.05) is 72.3 Å². The van der Waals surface area contributed by atoms with Crippen molar-refractivity contribution in [2.75, 3.05) is 0 Å². The Morgan fingerprint density at radius 1 is 0.967 bits per heavy atom. The number of hydrogen-bond donors (Lipinski definition) is 2. The molecule has 5 nitrogen and oxygen atoms in total. The van der Waals surface area contributed by atoms with Crippen molar-refractivity contribution in [3.8, 4) is 17.0 Å². The van der Waals surface area contributed by atoms with Crippen LogP contribution in [0, 0.1) is 0 Å². The van der Waals surface area contributed by atoms with E-state index in [-0.39, 0.29) is 18.2 Å². The SMILES string of the molecule is O=C(NCc1ccccc1O)c1cn(Cc2ccccc2)nc1-c1ccc(Cl)cc1. The molecule has 0 fully saturated rings. The van der Waals surface area contributed by atoms with Crippen molar-refractivity contribution in [1.82, 2.24) is 15.1 Å². The van der Waals surface area contributed by atoms with Gasteiger partial charge in [0.1, 0.15) is 11.4 Å². The van der Waals surface area contributed by atoms with Crippen molar-refractivity contribution in [2.45, 2.75) is 13.1 Å². The molecule has 0 unspecified atom stereocenters. The number of para-hydroxylation sites is 1. The monoisotopic (exact) mass is 417 g/mol. The summed E-state index contributed by atoms with van der Waals surface area (Å²) in [5.41, 5.74) is 3.58. The van der Waals surface area contributed by atoms with Gasteiger partial charge in [0.2, 0.25) is 0 Å². The molecule has 30 heavy (non-hydrogen) atoms. The average Bonchev–Trinajstić information content (AvgIpc) is 3.18. The first-order valence-corrected chi connectivity index (χ1v) is 9.90. The Balaban J connectivity index is 1.63. The number of carbonyl (C=O) groups is 1. The number of amides is 1. The summed E-state index contributed by atoms with van der Waals surface area (Å²) in [6, 6.07) is 24.1. The molecule has 4 aromatic rings. The standard InChI is InChI=1S/C24H20ClN3O2/c25-20-12-10-18(11-13-20)23-21(16-28(27-23)15-17-6-2-1-3-7-17)24(30)26-14-19-8-4-5-9-22(19)29/h1-13,16,29H,14-15H2,(H,26,30). The summed E-state index contributed by atoms with van der Waals surface area (Å²) < 4.78 is 1.76. The molecule has 1 aromatic heterocycles. The number of halogens is 1. The summed E-state index contributed by atoms with van der Waals surface area (Å²) in [5.74, 6) is -0.113. The number of hydrogen-bond acceptors (Lipinski definition) is 3. The van der Waals surface area contributed by atoms with Crippen molar-refractivity contribution >= 4 is 17.5 Å². The van der Waals surface area contributed by atoms with Crippen molar-refractivity contribution in [3.63, 3.8) is 0 Å². The molecule has 1 heterocycles. The van der Waals surface area contributed by atoms with Crippen molar-refractivity contribution in [2.24, 2.45) is 0 Å². The van der Waals surface area contributed by atoms with Crippen molar-refractivity contribution in [1.29, 1.82) is 0 Å². The molecule has 1 amide bonds. The Kier molecular flexibility index (Phi) is 5.82. The first-order valence-electron chi connectivity index (χ1n) is 9.52. The summed E-state index contributed by atoms with van der Waals surface area (Å²) in [5, 5.41) is 18.1. The lowest BCUT2D eigenvalue weighted by Crippen LogP contribution is -2.23.